The molecule has 2 nitrogen and oxygen atoms in total. The number of nitrogens with zero attached hydrogens (tertiary/aromatic N) is 1. The highest BCUT2D eigenvalue weighted by Crippen LogP contribution is 2.32. The Kier molecular flexibility index (Phi) is 5.55. The Hall–Kier alpha value is -1.88. The topological polar surface area (TPSA) is 40.9 Å². The van der Waals surface area contributed by atoms with Crippen molar-refractivity contribution in [3.05, 3.63) is 41.5 Å². The first-order valence-electron chi connectivity index (χ1n) is 7.44. The van der Waals surface area contributed by atoms with Crippen LogP contribution in [-0.2, 0) is 4.79 Å². The van der Waals surface area contributed by atoms with Gasteiger partial charge in [-0.2, -0.15) is 5.26 Å². The minimum absolute atomic E-state index is 0.665. The van der Waals surface area contributed by atoms with Crippen molar-refractivity contribution in [3.63, 3.8) is 0 Å². The third-order valence-electron chi connectivity index (χ3n) is 4.18. The van der Waals surface area contributed by atoms with E-state index in [-0.39, 0.29) is 0 Å². The summed E-state index contributed by atoms with van der Waals surface area (Å²) in [6.45, 7) is 0. The lowest BCUT2D eigenvalue weighted by atomic mass is 9.80. The highest BCUT2D eigenvalue weighted by atomic mass is 16.1. The van der Waals surface area contributed by atoms with E-state index in [0.29, 0.717) is 11.5 Å². The molecule has 1 aliphatic carbocycles. The second-order valence-corrected chi connectivity index (χ2v) is 5.62. The van der Waals surface area contributed by atoms with E-state index in [1.807, 2.05) is 24.3 Å². The maximum atomic E-state index is 10.4. The van der Waals surface area contributed by atoms with Crippen molar-refractivity contribution in [2.75, 3.05) is 0 Å². The van der Waals surface area contributed by atoms with Gasteiger partial charge in [0.2, 0.25) is 0 Å². The second kappa shape index (κ2) is 7.65. The van der Waals surface area contributed by atoms with E-state index in [4.69, 9.17) is 5.26 Å². The average molecular weight is 267 g/mol. The number of rotatable bonds is 5. The number of hydrogen-bond donors (Lipinski definition) is 0. The van der Waals surface area contributed by atoms with Gasteiger partial charge in [0, 0.05) is 6.42 Å². The van der Waals surface area contributed by atoms with E-state index in [1.54, 1.807) is 0 Å². The highest BCUT2D eigenvalue weighted by Gasteiger charge is 2.18. The molecule has 2 heteroatoms. The summed E-state index contributed by atoms with van der Waals surface area (Å²) in [7, 11) is 0. The number of carbonyl (C=O) groups is 1. The maximum Gasteiger partial charge on any atom is 0.120 e. The zero-order valence-electron chi connectivity index (χ0n) is 11.8. The molecule has 0 saturated heterocycles. The van der Waals surface area contributed by atoms with Crippen LogP contribution >= 0.6 is 0 Å². The van der Waals surface area contributed by atoms with Crippen molar-refractivity contribution in [1.29, 1.82) is 5.26 Å². The van der Waals surface area contributed by atoms with Crippen molar-refractivity contribution in [2.45, 2.75) is 38.5 Å². The molecule has 0 aliphatic heterocycles. The quantitative estimate of drug-likeness (QED) is 0.744. The van der Waals surface area contributed by atoms with Gasteiger partial charge in [0.15, 0.2) is 0 Å². The molecule has 0 spiro atoms. The van der Waals surface area contributed by atoms with Crippen LogP contribution in [0.25, 0.3) is 6.08 Å². The Morgan fingerprint density at radius 2 is 1.85 bits per heavy atom. The fraction of sp³-hybridized carbons (Fsp3) is 0.444. The van der Waals surface area contributed by atoms with Crippen LogP contribution in [0.1, 0.15) is 49.7 Å². The predicted octanol–water partition coefficient (Wildman–Crippen LogP) is 4.36. The van der Waals surface area contributed by atoms with Gasteiger partial charge in [0.05, 0.1) is 11.6 Å². The van der Waals surface area contributed by atoms with Crippen LogP contribution in [0.3, 0.4) is 0 Å². The summed E-state index contributed by atoms with van der Waals surface area (Å²) in [4.78, 5) is 10.4. The van der Waals surface area contributed by atoms with Gasteiger partial charge in [-0.1, -0.05) is 24.3 Å². The first kappa shape index (κ1) is 14.5. The monoisotopic (exact) mass is 267 g/mol. The van der Waals surface area contributed by atoms with E-state index in [9.17, 15) is 4.79 Å². The summed E-state index contributed by atoms with van der Waals surface area (Å²) in [5.41, 5.74) is 1.87. The molecule has 1 saturated carbocycles. The highest BCUT2D eigenvalue weighted by molar-refractivity contribution is 5.51. The third kappa shape index (κ3) is 4.35. The van der Waals surface area contributed by atoms with Crippen molar-refractivity contribution in [2.24, 2.45) is 11.8 Å². The largest absolute Gasteiger partial charge is 0.303 e. The van der Waals surface area contributed by atoms with E-state index < -0.39 is 0 Å². The van der Waals surface area contributed by atoms with E-state index in [0.717, 1.165) is 30.6 Å². The summed E-state index contributed by atoms with van der Waals surface area (Å²) in [5.74, 6) is 1.41. The first-order chi connectivity index (χ1) is 9.81. The standard InChI is InChI=1S/C18H21NO/c19-14-18-11-9-17(10-12-18)8-7-16-5-3-15(4-6-16)2-1-13-20/h7-13,15-16H,1-6H2. The number of carbonyl (C=O) groups excluding carboxylic acids is 1. The SMILES string of the molecule is N#Cc1ccc(C=CC2CCC(CCC=O)CC2)cc1. The van der Waals surface area contributed by atoms with E-state index in [1.165, 1.54) is 25.7 Å². The lowest BCUT2D eigenvalue weighted by Crippen LogP contribution is -2.13. The van der Waals surface area contributed by atoms with Crippen LogP contribution in [0, 0.1) is 23.2 Å². The van der Waals surface area contributed by atoms with E-state index in [2.05, 4.69) is 18.2 Å². The molecule has 0 radical (unpaired) electrons. The van der Waals surface area contributed by atoms with Crippen LogP contribution in [0.5, 0.6) is 0 Å². The smallest absolute Gasteiger partial charge is 0.120 e. The molecule has 1 aromatic carbocycles. The Labute approximate surface area is 121 Å². The van der Waals surface area contributed by atoms with Gasteiger partial charge in [-0.25, -0.2) is 0 Å². The number of aldehydes is 1. The van der Waals surface area contributed by atoms with E-state index >= 15 is 0 Å². The van der Waals surface area contributed by atoms with Crippen molar-refractivity contribution < 1.29 is 4.79 Å². The minimum atomic E-state index is 0.665. The predicted molar refractivity (Wildman–Crippen MR) is 80.9 cm³/mol. The van der Waals surface area contributed by atoms with Gasteiger partial charge < -0.3 is 4.79 Å². The second-order valence-electron chi connectivity index (χ2n) is 5.62. The van der Waals surface area contributed by atoms with Gasteiger partial charge >= 0.3 is 0 Å². The number of nitriles is 1. The summed E-state index contributed by atoms with van der Waals surface area (Å²) in [5, 5.41) is 8.76. The minimum Gasteiger partial charge on any atom is -0.303 e. The van der Waals surface area contributed by atoms with Crippen LogP contribution in [-0.4, -0.2) is 6.29 Å². The summed E-state index contributed by atoms with van der Waals surface area (Å²) in [6, 6.07) is 9.83. The zero-order chi connectivity index (χ0) is 14.2. The van der Waals surface area contributed by atoms with Crippen molar-refractivity contribution >= 4 is 12.4 Å². The molecule has 0 unspecified atom stereocenters. The van der Waals surface area contributed by atoms with Crippen LogP contribution in [0.4, 0.5) is 0 Å². The zero-order valence-corrected chi connectivity index (χ0v) is 11.8. The Balaban J connectivity index is 1.81. The van der Waals surface area contributed by atoms with Gasteiger partial charge in [-0.15, -0.1) is 0 Å². The fourth-order valence-electron chi connectivity index (χ4n) is 2.89. The molecule has 1 aliphatic rings. The van der Waals surface area contributed by atoms with Gasteiger partial charge in [-0.3, -0.25) is 0 Å². The Morgan fingerprint density at radius 1 is 1.15 bits per heavy atom. The Bertz CT molecular complexity index is 487. The fourth-order valence-corrected chi connectivity index (χ4v) is 2.89. The number of hydrogen-bond acceptors (Lipinski definition) is 2. The lowest BCUT2D eigenvalue weighted by molar-refractivity contribution is -0.108. The summed E-state index contributed by atoms with van der Waals surface area (Å²) < 4.78 is 0. The average Bonchev–Trinajstić information content (AvgIpc) is 2.52. The molecule has 0 N–H and O–H groups in total. The van der Waals surface area contributed by atoms with Gasteiger partial charge in [0.1, 0.15) is 6.29 Å². The van der Waals surface area contributed by atoms with Crippen molar-refractivity contribution in [1.82, 2.24) is 0 Å². The molecule has 0 atom stereocenters. The first-order valence-corrected chi connectivity index (χ1v) is 7.44. The number of benzene rings is 1. The molecule has 0 bridgehead atoms. The molecular formula is C18H21NO. The van der Waals surface area contributed by atoms with Crippen LogP contribution in [0.2, 0.25) is 0 Å². The molecule has 1 aromatic rings. The molecule has 0 aromatic heterocycles. The van der Waals surface area contributed by atoms with Crippen molar-refractivity contribution in [3.8, 4) is 6.07 Å². The van der Waals surface area contributed by atoms with Gasteiger partial charge in [-0.05, 0) is 61.6 Å². The van der Waals surface area contributed by atoms with Gasteiger partial charge in [0.25, 0.3) is 0 Å². The van der Waals surface area contributed by atoms with Crippen LogP contribution in [0.15, 0.2) is 30.3 Å². The molecule has 0 heterocycles. The molecular weight excluding hydrogens is 246 g/mol. The van der Waals surface area contributed by atoms with Crippen LogP contribution < -0.4 is 0 Å². The normalized spacial score (nSPS) is 22.6. The lowest BCUT2D eigenvalue weighted by Gasteiger charge is -2.26. The third-order valence-corrected chi connectivity index (χ3v) is 4.18. The molecule has 0 amide bonds. The molecule has 20 heavy (non-hydrogen) atoms. The number of allylic oxidation sites excluding steroid dienone is 1. The maximum absolute atomic E-state index is 10.4. The molecule has 1 fully saturated rings. The Morgan fingerprint density at radius 3 is 2.45 bits per heavy atom. The molecule has 2 rings (SSSR count). The summed E-state index contributed by atoms with van der Waals surface area (Å²) >= 11 is 0. The molecule has 104 valence electrons. The summed E-state index contributed by atoms with van der Waals surface area (Å²) in [6.07, 6.45) is 12.2.